The van der Waals surface area contributed by atoms with Crippen LogP contribution in [0.4, 0.5) is 5.69 Å². The minimum atomic E-state index is -0.274. The first-order valence-corrected chi connectivity index (χ1v) is 10.0. The second-order valence-electron chi connectivity index (χ2n) is 7.20. The Hall–Kier alpha value is -2.15. The van der Waals surface area contributed by atoms with Crippen LogP contribution in [-0.2, 0) is 6.54 Å². The summed E-state index contributed by atoms with van der Waals surface area (Å²) in [6.07, 6.45) is 3.28. The first-order chi connectivity index (χ1) is 13.0. The molecule has 4 nitrogen and oxygen atoms in total. The Bertz CT molecular complexity index is 924. The summed E-state index contributed by atoms with van der Waals surface area (Å²) in [6.45, 7) is 4.88. The molecule has 138 valence electrons. The number of hydrogen-bond donors (Lipinski definition) is 1. The third kappa shape index (κ3) is 3.52. The summed E-state index contributed by atoms with van der Waals surface area (Å²) in [5.74, 6) is 0. The van der Waals surface area contributed by atoms with Crippen molar-refractivity contribution in [1.82, 2.24) is 9.96 Å². The molecule has 1 atom stereocenters. The zero-order valence-corrected chi connectivity index (χ0v) is 16.9. The van der Waals surface area contributed by atoms with E-state index < -0.39 is 0 Å². The quantitative estimate of drug-likeness (QED) is 0.578. The van der Waals surface area contributed by atoms with Crippen molar-refractivity contribution in [2.45, 2.75) is 31.3 Å². The van der Waals surface area contributed by atoms with Crippen LogP contribution < -0.4 is 0 Å². The maximum Gasteiger partial charge on any atom is 0.142 e. The zero-order valence-electron chi connectivity index (χ0n) is 15.2. The van der Waals surface area contributed by atoms with Crippen molar-refractivity contribution in [3.63, 3.8) is 0 Å². The van der Waals surface area contributed by atoms with Crippen LogP contribution >= 0.6 is 24.0 Å². The van der Waals surface area contributed by atoms with Gasteiger partial charge in [-0.05, 0) is 25.5 Å². The molecular formula is C21H21N3OS2. The van der Waals surface area contributed by atoms with Gasteiger partial charge in [0.1, 0.15) is 10.5 Å². The number of hydrogen-bond acceptors (Lipinski definition) is 5. The number of benzene rings is 2. The van der Waals surface area contributed by atoms with E-state index in [4.69, 9.17) is 12.2 Å². The molecule has 1 N–H and O–H groups in total. The van der Waals surface area contributed by atoms with Crippen LogP contribution in [0.15, 0.2) is 65.8 Å². The summed E-state index contributed by atoms with van der Waals surface area (Å²) in [5.41, 5.74) is 4.01. The van der Waals surface area contributed by atoms with E-state index >= 15 is 0 Å². The van der Waals surface area contributed by atoms with Crippen LogP contribution in [0.1, 0.15) is 25.0 Å². The lowest BCUT2D eigenvalue weighted by atomic mass is 10.1. The Balaban J connectivity index is 1.64. The van der Waals surface area contributed by atoms with E-state index in [0.717, 1.165) is 26.7 Å². The predicted molar refractivity (Wildman–Crippen MR) is 116 cm³/mol. The third-order valence-electron chi connectivity index (χ3n) is 4.78. The van der Waals surface area contributed by atoms with Crippen molar-refractivity contribution in [1.29, 1.82) is 0 Å². The molecule has 2 aliphatic heterocycles. The van der Waals surface area contributed by atoms with E-state index in [9.17, 15) is 5.21 Å². The lowest BCUT2D eigenvalue weighted by Crippen LogP contribution is -2.50. The topological polar surface area (TPSA) is 39.1 Å². The van der Waals surface area contributed by atoms with Crippen molar-refractivity contribution >= 4 is 45.8 Å². The molecule has 4 rings (SSSR count). The van der Waals surface area contributed by atoms with Crippen LogP contribution in [0.3, 0.4) is 0 Å². The number of hydroxylamine groups is 2. The molecule has 0 spiro atoms. The lowest BCUT2D eigenvalue weighted by Gasteiger charge is -2.36. The molecule has 0 aromatic heterocycles. The Morgan fingerprint density at radius 1 is 1.19 bits per heavy atom. The van der Waals surface area contributed by atoms with Gasteiger partial charge in [0.25, 0.3) is 0 Å². The highest BCUT2D eigenvalue weighted by Gasteiger charge is 2.47. The Morgan fingerprint density at radius 3 is 2.67 bits per heavy atom. The van der Waals surface area contributed by atoms with Crippen molar-refractivity contribution in [2.75, 3.05) is 0 Å². The molecule has 2 heterocycles. The van der Waals surface area contributed by atoms with E-state index in [0.29, 0.717) is 6.54 Å². The summed E-state index contributed by atoms with van der Waals surface area (Å²) in [4.78, 5) is 6.51. The molecule has 2 aromatic carbocycles. The van der Waals surface area contributed by atoms with E-state index in [1.54, 1.807) is 24.2 Å². The van der Waals surface area contributed by atoms with E-state index in [1.807, 2.05) is 42.5 Å². The molecule has 2 aliphatic rings. The van der Waals surface area contributed by atoms with Gasteiger partial charge in [0.05, 0.1) is 10.4 Å². The number of fused-ring (bicyclic) bond motifs is 1. The van der Waals surface area contributed by atoms with Gasteiger partial charge in [0.15, 0.2) is 0 Å². The van der Waals surface area contributed by atoms with Gasteiger partial charge in [-0.3, -0.25) is 10.2 Å². The fraction of sp³-hybridized carbons (Fsp3) is 0.238. The highest BCUT2D eigenvalue weighted by Crippen LogP contribution is 2.43. The smallest absolute Gasteiger partial charge is 0.142 e. The van der Waals surface area contributed by atoms with Crippen LogP contribution in [0, 0.1) is 0 Å². The highest BCUT2D eigenvalue weighted by molar-refractivity contribution is 8.24. The van der Waals surface area contributed by atoms with Gasteiger partial charge in [-0.2, -0.15) is 0 Å². The van der Waals surface area contributed by atoms with Gasteiger partial charge < -0.3 is 4.90 Å². The molecule has 0 aliphatic carbocycles. The number of para-hydroxylation sites is 1. The first kappa shape index (κ1) is 18.2. The number of thiocarbonyl (C=S) groups is 1. The highest BCUT2D eigenvalue weighted by atomic mass is 32.2. The summed E-state index contributed by atoms with van der Waals surface area (Å²) in [5, 5.41) is 12.3. The average Bonchev–Trinajstić information content (AvgIpc) is 3.14. The Morgan fingerprint density at radius 2 is 1.89 bits per heavy atom. The molecule has 1 fully saturated rings. The van der Waals surface area contributed by atoms with Crippen LogP contribution in [0.5, 0.6) is 0 Å². The van der Waals surface area contributed by atoms with Crippen molar-refractivity contribution in [3.8, 4) is 0 Å². The Labute approximate surface area is 169 Å². The van der Waals surface area contributed by atoms with Gasteiger partial charge in [0, 0.05) is 30.1 Å². The van der Waals surface area contributed by atoms with E-state index in [2.05, 4.69) is 35.9 Å². The van der Waals surface area contributed by atoms with Crippen LogP contribution in [-0.4, -0.2) is 36.6 Å². The SMILES string of the molecule is CC1(C)SC(=S)N(Cc2ccccc2)[C@@H]1N(O)C=C1C=Nc2ccccc21. The summed E-state index contributed by atoms with van der Waals surface area (Å²) >= 11 is 7.26. The zero-order chi connectivity index (χ0) is 19.0. The Kier molecular flexibility index (Phi) is 4.80. The number of aliphatic imine (C=N–C) groups is 1. The first-order valence-electron chi connectivity index (χ1n) is 8.82. The van der Waals surface area contributed by atoms with Gasteiger partial charge >= 0.3 is 0 Å². The maximum atomic E-state index is 11.0. The fourth-order valence-electron chi connectivity index (χ4n) is 3.56. The molecule has 0 unspecified atom stereocenters. The van der Waals surface area contributed by atoms with Crippen molar-refractivity contribution in [3.05, 3.63) is 71.9 Å². The normalized spacial score (nSPS) is 21.7. The molecule has 0 saturated carbocycles. The molecule has 2 aromatic rings. The van der Waals surface area contributed by atoms with Gasteiger partial charge in [-0.25, -0.2) is 5.06 Å². The monoisotopic (exact) mass is 395 g/mol. The maximum absolute atomic E-state index is 11.0. The summed E-state index contributed by atoms with van der Waals surface area (Å²) < 4.78 is 0.541. The van der Waals surface area contributed by atoms with E-state index in [1.165, 1.54) is 5.06 Å². The second kappa shape index (κ2) is 7.11. The van der Waals surface area contributed by atoms with Gasteiger partial charge in [-0.1, -0.05) is 72.5 Å². The van der Waals surface area contributed by atoms with E-state index in [-0.39, 0.29) is 10.9 Å². The van der Waals surface area contributed by atoms with Gasteiger partial charge in [0.2, 0.25) is 0 Å². The third-order valence-corrected chi connectivity index (χ3v) is 6.41. The molecule has 0 bridgehead atoms. The molecule has 0 amide bonds. The number of allylic oxidation sites excluding steroid dienone is 1. The molecule has 1 saturated heterocycles. The molecular weight excluding hydrogens is 374 g/mol. The van der Waals surface area contributed by atoms with Crippen LogP contribution in [0.25, 0.3) is 5.57 Å². The van der Waals surface area contributed by atoms with Crippen molar-refractivity contribution in [2.24, 2.45) is 4.99 Å². The molecule has 27 heavy (non-hydrogen) atoms. The van der Waals surface area contributed by atoms with Crippen molar-refractivity contribution < 1.29 is 5.21 Å². The summed E-state index contributed by atoms with van der Waals surface area (Å²) in [6, 6.07) is 18.1. The predicted octanol–water partition coefficient (Wildman–Crippen LogP) is 5.07. The molecule has 0 radical (unpaired) electrons. The number of thioether (sulfide) groups is 1. The average molecular weight is 396 g/mol. The van der Waals surface area contributed by atoms with Crippen LogP contribution in [0.2, 0.25) is 0 Å². The summed E-state index contributed by atoms with van der Waals surface area (Å²) in [7, 11) is 0. The number of nitrogens with zero attached hydrogens (tertiary/aromatic N) is 3. The minimum absolute atomic E-state index is 0.257. The lowest BCUT2D eigenvalue weighted by molar-refractivity contribution is -0.122. The minimum Gasteiger partial charge on any atom is -0.329 e. The standard InChI is InChI=1S/C21H21N3OS2/c1-21(2)19(23(20(26)27-21)13-15-8-4-3-5-9-15)24(25)14-16-12-22-18-11-7-6-10-17(16)18/h3-12,14,19,25H,13H2,1-2H3/t19-/m1/s1. The molecule has 6 heteroatoms. The fourth-order valence-corrected chi connectivity index (χ4v) is 5.44. The largest absolute Gasteiger partial charge is 0.329 e. The van der Waals surface area contributed by atoms with Gasteiger partial charge in [-0.15, -0.1) is 0 Å². The second-order valence-corrected chi connectivity index (χ2v) is 9.49. The number of rotatable bonds is 4.